The molecular weight excluding hydrogens is 217 g/mol. The molecule has 0 aromatic rings. The minimum Gasteiger partial charge on any atom is -0.303 e. The van der Waals surface area contributed by atoms with Crippen LogP contribution in [0, 0.1) is 5.92 Å². The number of thioether (sulfide) groups is 1. The van der Waals surface area contributed by atoms with Crippen LogP contribution in [0.15, 0.2) is 0 Å². The second-order valence-electron chi connectivity index (χ2n) is 2.86. The molecule has 0 aromatic heterocycles. The fraction of sp³-hybridized carbons (Fsp3) is 0.875. The van der Waals surface area contributed by atoms with E-state index in [9.17, 15) is 0 Å². The Morgan fingerprint density at radius 3 is 2.40 bits per heavy atom. The molecule has 1 rings (SSSR count). The zero-order chi connectivity index (χ0) is 6.85. The minimum absolute atomic E-state index is 0. The number of rotatable bonds is 1. The molecule has 0 bridgehead atoms. The molecule has 0 saturated carbocycles. The van der Waals surface area contributed by atoms with Gasteiger partial charge in [-0.15, -0.1) is 5.25 Å². The van der Waals surface area contributed by atoms with Gasteiger partial charge in [0.1, 0.15) is 0 Å². The van der Waals surface area contributed by atoms with Crippen LogP contribution in [0.1, 0.15) is 33.6 Å². The summed E-state index contributed by atoms with van der Waals surface area (Å²) in [6, 6.07) is 0. The number of hydrogen-bond donors (Lipinski definition) is 0. The molecule has 2 atom stereocenters. The van der Waals surface area contributed by atoms with E-state index in [1.807, 2.05) is 0 Å². The van der Waals surface area contributed by atoms with Crippen LogP contribution in [-0.4, -0.2) is 10.5 Å². The van der Waals surface area contributed by atoms with E-state index in [0.717, 1.165) is 10.5 Å². The molecule has 10 heavy (non-hydrogen) atoms. The third-order valence-electron chi connectivity index (χ3n) is 2.10. The SMILES string of the molecule is CCC1C[C-](C)C(C)S1.[Y]. The van der Waals surface area contributed by atoms with Gasteiger partial charge in [-0.25, -0.2) is 0 Å². The zero-order valence-corrected chi connectivity index (χ0v) is 10.7. The van der Waals surface area contributed by atoms with Crippen molar-refractivity contribution in [1.29, 1.82) is 0 Å². The Bertz CT molecular complexity index is 85.3. The van der Waals surface area contributed by atoms with Crippen molar-refractivity contribution >= 4 is 11.8 Å². The molecule has 1 aliphatic heterocycles. The maximum absolute atomic E-state index is 2.32. The summed E-state index contributed by atoms with van der Waals surface area (Å²) in [7, 11) is 0. The van der Waals surface area contributed by atoms with Gasteiger partial charge in [-0.1, -0.05) is 13.8 Å². The second kappa shape index (κ2) is 5.16. The molecule has 2 unspecified atom stereocenters. The van der Waals surface area contributed by atoms with E-state index in [0.29, 0.717) is 0 Å². The van der Waals surface area contributed by atoms with Crippen molar-refractivity contribution in [1.82, 2.24) is 0 Å². The van der Waals surface area contributed by atoms with Crippen LogP contribution in [0.25, 0.3) is 0 Å². The first kappa shape index (κ1) is 11.5. The quantitative estimate of drug-likeness (QED) is 0.626. The molecule has 0 aliphatic carbocycles. The van der Waals surface area contributed by atoms with E-state index in [1.54, 1.807) is 5.92 Å². The van der Waals surface area contributed by atoms with Crippen molar-refractivity contribution in [3.05, 3.63) is 5.92 Å². The average Bonchev–Trinajstić information content (AvgIpc) is 2.13. The van der Waals surface area contributed by atoms with Crippen LogP contribution in [0.5, 0.6) is 0 Å². The maximum Gasteiger partial charge on any atom is 0 e. The van der Waals surface area contributed by atoms with Crippen LogP contribution < -0.4 is 0 Å². The first-order valence-corrected chi connectivity index (χ1v) is 4.66. The first-order chi connectivity index (χ1) is 4.24. The molecule has 0 spiro atoms. The van der Waals surface area contributed by atoms with Crippen molar-refractivity contribution in [2.75, 3.05) is 0 Å². The summed E-state index contributed by atoms with van der Waals surface area (Å²) in [5.41, 5.74) is 0. The van der Waals surface area contributed by atoms with Crippen LogP contribution >= 0.6 is 11.8 Å². The standard InChI is InChI=1S/C8H15S.Y/c1-4-8-5-6(2)7(3)9-8;/h7-8H,4-5H2,1-3H3;/q-1;. The summed E-state index contributed by atoms with van der Waals surface area (Å²) in [5.74, 6) is 1.69. The summed E-state index contributed by atoms with van der Waals surface area (Å²) < 4.78 is 0. The van der Waals surface area contributed by atoms with Gasteiger partial charge in [0, 0.05) is 32.7 Å². The molecule has 1 aliphatic rings. The number of hydrogen-bond acceptors (Lipinski definition) is 1. The van der Waals surface area contributed by atoms with E-state index in [1.165, 1.54) is 12.8 Å². The summed E-state index contributed by atoms with van der Waals surface area (Å²) in [6.45, 7) is 6.88. The molecule has 2 heteroatoms. The zero-order valence-electron chi connectivity index (χ0n) is 7.05. The molecule has 0 amide bonds. The van der Waals surface area contributed by atoms with Gasteiger partial charge in [0.2, 0.25) is 0 Å². The Balaban J connectivity index is 0.000000810. The predicted octanol–water partition coefficient (Wildman–Crippen LogP) is 2.88. The van der Waals surface area contributed by atoms with Crippen molar-refractivity contribution < 1.29 is 32.7 Å². The fourth-order valence-electron chi connectivity index (χ4n) is 1.22. The Morgan fingerprint density at radius 1 is 1.60 bits per heavy atom. The third-order valence-corrected chi connectivity index (χ3v) is 3.79. The van der Waals surface area contributed by atoms with Gasteiger partial charge in [-0.2, -0.15) is 25.1 Å². The van der Waals surface area contributed by atoms with Gasteiger partial charge in [0.05, 0.1) is 0 Å². The molecule has 1 saturated heterocycles. The van der Waals surface area contributed by atoms with Crippen molar-refractivity contribution in [2.24, 2.45) is 0 Å². The Labute approximate surface area is 93.8 Å². The van der Waals surface area contributed by atoms with Gasteiger partial charge >= 0.3 is 0 Å². The largest absolute Gasteiger partial charge is 0.303 e. The fourth-order valence-corrected chi connectivity index (χ4v) is 2.68. The summed E-state index contributed by atoms with van der Waals surface area (Å²) in [4.78, 5) is 0. The maximum atomic E-state index is 2.32. The summed E-state index contributed by atoms with van der Waals surface area (Å²) >= 11 is 2.14. The van der Waals surface area contributed by atoms with Gasteiger partial charge < -0.3 is 5.92 Å². The van der Waals surface area contributed by atoms with Crippen molar-refractivity contribution in [3.63, 3.8) is 0 Å². The molecule has 1 radical (unpaired) electrons. The van der Waals surface area contributed by atoms with Gasteiger partial charge in [-0.05, 0) is 11.7 Å². The van der Waals surface area contributed by atoms with Crippen LogP contribution in [-0.2, 0) is 32.7 Å². The Kier molecular flexibility index (Phi) is 5.91. The molecule has 0 N–H and O–H groups in total. The minimum atomic E-state index is 0. The van der Waals surface area contributed by atoms with E-state index in [-0.39, 0.29) is 32.7 Å². The summed E-state index contributed by atoms with van der Waals surface area (Å²) in [5, 5.41) is 1.76. The second-order valence-corrected chi connectivity index (χ2v) is 4.50. The topological polar surface area (TPSA) is 0 Å². The van der Waals surface area contributed by atoms with E-state index in [2.05, 4.69) is 32.5 Å². The molecule has 57 valence electrons. The Hall–Kier alpha value is 1.45. The molecule has 0 nitrogen and oxygen atoms in total. The monoisotopic (exact) mass is 232 g/mol. The third kappa shape index (κ3) is 2.83. The van der Waals surface area contributed by atoms with E-state index >= 15 is 0 Å². The molecule has 1 heterocycles. The van der Waals surface area contributed by atoms with E-state index in [4.69, 9.17) is 0 Å². The molecular formula is C8H15SY-. The molecule has 0 aromatic carbocycles. The molecule has 1 fully saturated rings. The Morgan fingerprint density at radius 2 is 2.20 bits per heavy atom. The summed E-state index contributed by atoms with van der Waals surface area (Å²) in [6.07, 6.45) is 2.70. The van der Waals surface area contributed by atoms with Crippen molar-refractivity contribution in [2.45, 2.75) is 44.1 Å². The first-order valence-electron chi connectivity index (χ1n) is 3.71. The van der Waals surface area contributed by atoms with Crippen LogP contribution in [0.2, 0.25) is 0 Å². The normalized spacial score (nSPS) is 33.9. The van der Waals surface area contributed by atoms with Crippen LogP contribution in [0.3, 0.4) is 0 Å². The smallest absolute Gasteiger partial charge is 0 e. The van der Waals surface area contributed by atoms with E-state index < -0.39 is 0 Å². The van der Waals surface area contributed by atoms with Gasteiger partial charge in [0.15, 0.2) is 0 Å². The predicted molar refractivity (Wildman–Crippen MR) is 44.7 cm³/mol. The van der Waals surface area contributed by atoms with Gasteiger partial charge in [0.25, 0.3) is 0 Å². The van der Waals surface area contributed by atoms with Crippen molar-refractivity contribution in [3.8, 4) is 0 Å². The average molecular weight is 232 g/mol. The van der Waals surface area contributed by atoms with Crippen LogP contribution in [0.4, 0.5) is 0 Å². The van der Waals surface area contributed by atoms with Gasteiger partial charge in [-0.3, -0.25) is 0 Å².